The highest BCUT2D eigenvalue weighted by molar-refractivity contribution is 5.89. The monoisotopic (exact) mass is 887 g/mol. The van der Waals surface area contributed by atoms with Gasteiger partial charge >= 0.3 is 0 Å². The maximum atomic E-state index is 6.89. The summed E-state index contributed by atoms with van der Waals surface area (Å²) in [6.45, 7) is 13.8. The number of nitrogens with two attached hydrogens (primary N) is 2. The summed E-state index contributed by atoms with van der Waals surface area (Å²) in [5.41, 5.74) is 20.2. The molecular weight excluding hydrogens is 777 g/mol. The molecule has 64 heavy (non-hydrogen) atoms. The van der Waals surface area contributed by atoms with E-state index in [9.17, 15) is 0 Å². The first kappa shape index (κ1) is 57.8. The molecule has 0 atom stereocenters. The summed E-state index contributed by atoms with van der Waals surface area (Å²) in [4.78, 5) is 5.48. The number of nitrogens with zero attached hydrogens (tertiary/aromatic N) is 2. The Morgan fingerprint density at radius 1 is 0.297 bits per heavy atom. The van der Waals surface area contributed by atoms with Crippen molar-refractivity contribution < 1.29 is 0 Å². The Morgan fingerprint density at radius 3 is 0.922 bits per heavy atom. The van der Waals surface area contributed by atoms with Gasteiger partial charge in [0, 0.05) is 60.1 Å². The largest absolute Gasteiger partial charge is 0.399 e. The fraction of sp³-hybridized carbons (Fsp3) is 0.800. The van der Waals surface area contributed by atoms with Crippen LogP contribution in [-0.4, -0.2) is 26.2 Å². The van der Waals surface area contributed by atoms with Crippen LogP contribution in [0.5, 0.6) is 0 Å². The molecular formula is C60H110N4. The van der Waals surface area contributed by atoms with Crippen molar-refractivity contribution >= 4 is 22.7 Å². The number of anilines is 4. The average molecular weight is 888 g/mol. The molecule has 4 heteroatoms. The quantitative estimate of drug-likeness (QED) is 0.0513. The van der Waals surface area contributed by atoms with Crippen molar-refractivity contribution in [1.29, 1.82) is 0 Å². The van der Waals surface area contributed by atoms with Crippen molar-refractivity contribution in [2.45, 2.75) is 285 Å². The maximum Gasteiger partial charge on any atom is 0.0448 e. The normalized spacial score (nSPS) is 11.5. The highest BCUT2D eigenvalue weighted by Crippen LogP contribution is 2.39. The second-order valence-corrected chi connectivity index (χ2v) is 20.3. The Bertz CT molecular complexity index is 1260. The molecule has 2 aromatic rings. The van der Waals surface area contributed by atoms with Crippen molar-refractivity contribution in [3.63, 3.8) is 0 Å². The molecule has 0 heterocycles. The van der Waals surface area contributed by atoms with Gasteiger partial charge in [-0.1, -0.05) is 259 Å². The molecule has 2 aromatic carbocycles. The van der Waals surface area contributed by atoms with Gasteiger partial charge in [0.2, 0.25) is 0 Å². The number of hydrogen-bond donors (Lipinski definition) is 2. The number of hydrogen-bond acceptors (Lipinski definition) is 4. The summed E-state index contributed by atoms with van der Waals surface area (Å²) in [5.74, 6) is 0. The van der Waals surface area contributed by atoms with E-state index in [4.69, 9.17) is 11.5 Å². The predicted octanol–water partition coefficient (Wildman–Crippen LogP) is 19.8. The maximum absolute atomic E-state index is 6.89. The second-order valence-electron chi connectivity index (χ2n) is 20.3. The summed E-state index contributed by atoms with van der Waals surface area (Å²) in [6.07, 6.45) is 55.0. The van der Waals surface area contributed by atoms with E-state index < -0.39 is 0 Å². The highest BCUT2D eigenvalue weighted by atomic mass is 15.1. The van der Waals surface area contributed by atoms with Gasteiger partial charge in [-0.15, -0.1) is 0 Å². The lowest BCUT2D eigenvalue weighted by Crippen LogP contribution is -2.28. The number of unbranched alkanes of at least 4 members (excludes halogenated alkanes) is 36. The molecule has 0 fully saturated rings. The number of benzene rings is 2. The van der Waals surface area contributed by atoms with Gasteiger partial charge in [0.05, 0.1) is 0 Å². The van der Waals surface area contributed by atoms with E-state index in [0.29, 0.717) is 0 Å². The first-order valence-electron chi connectivity index (χ1n) is 28.8. The summed E-state index contributed by atoms with van der Waals surface area (Å²) in [6, 6.07) is 13.6. The van der Waals surface area contributed by atoms with Crippen LogP contribution < -0.4 is 21.3 Å². The summed E-state index contributed by atoms with van der Waals surface area (Å²) >= 11 is 0. The van der Waals surface area contributed by atoms with E-state index >= 15 is 0 Å². The molecule has 0 saturated heterocycles. The van der Waals surface area contributed by atoms with Crippen molar-refractivity contribution in [2.75, 3.05) is 47.4 Å². The lowest BCUT2D eigenvalue weighted by molar-refractivity contribution is 0.542. The third-order valence-electron chi connectivity index (χ3n) is 14.2. The van der Waals surface area contributed by atoms with Crippen LogP contribution in [0.4, 0.5) is 22.7 Å². The Balaban J connectivity index is 2.25. The molecule has 4 nitrogen and oxygen atoms in total. The first-order chi connectivity index (χ1) is 31.5. The molecule has 370 valence electrons. The van der Waals surface area contributed by atoms with E-state index in [2.05, 4.69) is 61.8 Å². The molecule has 0 spiro atoms. The van der Waals surface area contributed by atoms with Gasteiger partial charge < -0.3 is 21.3 Å². The Kier molecular flexibility index (Phi) is 37.9. The molecule has 0 bridgehead atoms. The van der Waals surface area contributed by atoms with Crippen LogP contribution >= 0.6 is 0 Å². The lowest BCUT2D eigenvalue weighted by atomic mass is 9.98. The zero-order valence-electron chi connectivity index (χ0n) is 43.6. The van der Waals surface area contributed by atoms with Crippen LogP contribution in [0.25, 0.3) is 11.1 Å². The van der Waals surface area contributed by atoms with E-state index in [1.807, 2.05) is 12.1 Å². The van der Waals surface area contributed by atoms with E-state index in [1.165, 1.54) is 274 Å². The molecule has 0 saturated carbocycles. The molecule has 0 aliphatic rings. The zero-order chi connectivity index (χ0) is 46.0. The molecule has 0 aliphatic heterocycles. The highest BCUT2D eigenvalue weighted by Gasteiger charge is 2.18. The third-order valence-corrected chi connectivity index (χ3v) is 14.2. The Labute approximate surface area is 400 Å². The van der Waals surface area contributed by atoms with Crippen LogP contribution in [0.1, 0.15) is 285 Å². The Hall–Kier alpha value is -2.36. The molecule has 0 unspecified atom stereocenters. The predicted molar refractivity (Wildman–Crippen MR) is 293 cm³/mol. The SMILES string of the molecule is CCCCCCCCCCCCN(CCCCCCCCCCCC)c1ccc(N(CCCCCCCCCCCC)CCCCCCCCCCCC)c(-c2cc(N)ccc2N)c1. The van der Waals surface area contributed by atoms with E-state index in [-0.39, 0.29) is 0 Å². The lowest BCUT2D eigenvalue weighted by Gasteiger charge is -2.31. The van der Waals surface area contributed by atoms with E-state index in [0.717, 1.165) is 43.1 Å². The second kappa shape index (κ2) is 42.0. The average Bonchev–Trinajstić information content (AvgIpc) is 3.30. The van der Waals surface area contributed by atoms with Gasteiger partial charge in [-0.2, -0.15) is 0 Å². The van der Waals surface area contributed by atoms with Crippen molar-refractivity contribution in [3.8, 4) is 11.1 Å². The fourth-order valence-corrected chi connectivity index (χ4v) is 9.90. The van der Waals surface area contributed by atoms with Crippen molar-refractivity contribution in [1.82, 2.24) is 0 Å². The summed E-state index contributed by atoms with van der Waals surface area (Å²) in [7, 11) is 0. The molecule has 0 amide bonds. The topological polar surface area (TPSA) is 58.5 Å². The van der Waals surface area contributed by atoms with Gasteiger partial charge in [-0.05, 0) is 62.1 Å². The first-order valence-corrected chi connectivity index (χ1v) is 28.8. The molecule has 0 aromatic heterocycles. The number of rotatable bonds is 47. The Morgan fingerprint density at radius 2 is 0.594 bits per heavy atom. The minimum atomic E-state index is 0.795. The minimum Gasteiger partial charge on any atom is -0.399 e. The van der Waals surface area contributed by atoms with Crippen LogP contribution in [-0.2, 0) is 0 Å². The molecule has 0 aliphatic carbocycles. The summed E-state index contributed by atoms with van der Waals surface area (Å²) < 4.78 is 0. The molecule has 4 N–H and O–H groups in total. The zero-order valence-corrected chi connectivity index (χ0v) is 43.6. The van der Waals surface area contributed by atoms with Gasteiger partial charge in [0.25, 0.3) is 0 Å². The number of nitrogen functional groups attached to an aromatic ring is 2. The smallest absolute Gasteiger partial charge is 0.0448 e. The molecule has 2 rings (SSSR count). The standard InChI is InChI=1S/C60H110N4/c1-5-9-13-17-21-25-29-33-37-41-49-63(50-42-38-34-30-26-22-18-14-10-6-2)56-46-48-60(58(54-56)57-53-55(61)45-47-59(57)62)64(51-43-39-35-31-27-23-19-15-11-7-3)52-44-40-36-32-28-24-20-16-12-8-4/h45-48,53-54H,5-44,49-52,61-62H2,1-4H3. The summed E-state index contributed by atoms with van der Waals surface area (Å²) in [5, 5.41) is 0. The fourth-order valence-electron chi connectivity index (χ4n) is 9.90. The van der Waals surface area contributed by atoms with Crippen LogP contribution in [0.3, 0.4) is 0 Å². The van der Waals surface area contributed by atoms with Crippen LogP contribution in [0, 0.1) is 0 Å². The van der Waals surface area contributed by atoms with Gasteiger partial charge in [-0.3, -0.25) is 0 Å². The van der Waals surface area contributed by atoms with Gasteiger partial charge in [0.15, 0.2) is 0 Å². The van der Waals surface area contributed by atoms with E-state index in [1.54, 1.807) is 0 Å². The van der Waals surface area contributed by atoms with Crippen molar-refractivity contribution in [2.24, 2.45) is 0 Å². The van der Waals surface area contributed by atoms with Gasteiger partial charge in [0.1, 0.15) is 0 Å². The van der Waals surface area contributed by atoms with Crippen LogP contribution in [0.2, 0.25) is 0 Å². The van der Waals surface area contributed by atoms with Gasteiger partial charge in [-0.25, -0.2) is 0 Å². The van der Waals surface area contributed by atoms with Crippen LogP contribution in [0.15, 0.2) is 36.4 Å². The molecule has 0 radical (unpaired) electrons. The minimum absolute atomic E-state index is 0.795. The third kappa shape index (κ3) is 29.3. The van der Waals surface area contributed by atoms with Crippen molar-refractivity contribution in [3.05, 3.63) is 36.4 Å².